The van der Waals surface area contributed by atoms with Crippen molar-refractivity contribution in [2.75, 3.05) is 6.61 Å². The van der Waals surface area contributed by atoms with E-state index in [9.17, 15) is 35.5 Å². The molecule has 2 saturated carbocycles. The van der Waals surface area contributed by atoms with Gasteiger partial charge < -0.3 is 4.74 Å². The maximum Gasteiger partial charge on any atom is 0.453 e. The SMILES string of the molecule is CC1C2CC(C(=O)OCCC(F)(F)CC(F)(F)C(F)(F)F)C(C2)C1C. The fraction of sp³-hybridized carbons (Fsp3) is 0.938. The molecule has 2 bridgehead atoms. The largest absolute Gasteiger partial charge is 0.465 e. The molecule has 2 aliphatic carbocycles. The molecule has 0 amide bonds. The van der Waals surface area contributed by atoms with Gasteiger partial charge in [-0.05, 0) is 36.5 Å². The number of halogens is 7. The third-order valence-corrected chi connectivity index (χ3v) is 5.81. The van der Waals surface area contributed by atoms with Gasteiger partial charge in [0.25, 0.3) is 5.92 Å². The molecule has 0 spiro atoms. The highest BCUT2D eigenvalue weighted by atomic mass is 19.4. The predicted molar refractivity (Wildman–Crippen MR) is 74.2 cm³/mol. The zero-order chi connectivity index (χ0) is 19.2. The summed E-state index contributed by atoms with van der Waals surface area (Å²) in [6.07, 6.45) is -8.57. The predicted octanol–water partition coefficient (Wildman–Crippen LogP) is 5.07. The van der Waals surface area contributed by atoms with E-state index in [4.69, 9.17) is 4.74 Å². The van der Waals surface area contributed by atoms with Crippen molar-refractivity contribution in [1.29, 1.82) is 0 Å². The van der Waals surface area contributed by atoms with Gasteiger partial charge in [0.1, 0.15) is 0 Å². The highest BCUT2D eigenvalue weighted by molar-refractivity contribution is 5.73. The maximum atomic E-state index is 13.4. The molecular formula is C16H21F7O2. The fourth-order valence-corrected chi connectivity index (χ4v) is 4.13. The molecule has 0 aromatic rings. The lowest BCUT2D eigenvalue weighted by Gasteiger charge is -2.30. The lowest BCUT2D eigenvalue weighted by atomic mass is 9.76. The molecule has 5 atom stereocenters. The quantitative estimate of drug-likeness (QED) is 0.476. The fourth-order valence-electron chi connectivity index (χ4n) is 4.13. The first-order valence-electron chi connectivity index (χ1n) is 8.24. The highest BCUT2D eigenvalue weighted by Gasteiger charge is 2.61. The minimum atomic E-state index is -6.04. The standard InChI is InChI=1S/C16H21F7O2/c1-8-9(2)11-5-10(8)6-12(11)13(24)25-4-3-14(17,18)7-15(19,20)16(21,22)23/h8-12H,3-7H2,1-2H3. The van der Waals surface area contributed by atoms with Gasteiger partial charge in [-0.25, -0.2) is 8.78 Å². The number of fused-ring (bicyclic) bond motifs is 2. The molecule has 0 saturated heterocycles. The third kappa shape index (κ3) is 4.22. The maximum absolute atomic E-state index is 13.4. The molecule has 2 aliphatic rings. The Morgan fingerprint density at radius 2 is 1.60 bits per heavy atom. The van der Waals surface area contributed by atoms with Gasteiger partial charge in [-0.1, -0.05) is 13.8 Å². The first-order valence-corrected chi connectivity index (χ1v) is 8.24. The van der Waals surface area contributed by atoms with Crippen molar-refractivity contribution in [1.82, 2.24) is 0 Å². The molecule has 2 fully saturated rings. The Kier molecular flexibility index (Phi) is 5.37. The van der Waals surface area contributed by atoms with Crippen molar-refractivity contribution in [2.24, 2.45) is 29.6 Å². The minimum Gasteiger partial charge on any atom is -0.465 e. The van der Waals surface area contributed by atoms with Gasteiger partial charge in [0.2, 0.25) is 0 Å². The molecule has 0 aromatic carbocycles. The van der Waals surface area contributed by atoms with E-state index in [0.717, 1.165) is 6.42 Å². The van der Waals surface area contributed by atoms with Crippen molar-refractivity contribution in [3.63, 3.8) is 0 Å². The van der Waals surface area contributed by atoms with Crippen LogP contribution in [0.15, 0.2) is 0 Å². The van der Waals surface area contributed by atoms with E-state index < -0.39 is 49.4 Å². The first-order chi connectivity index (χ1) is 11.3. The Balaban J connectivity index is 1.81. The van der Waals surface area contributed by atoms with Crippen LogP contribution >= 0.6 is 0 Å². The molecule has 5 unspecified atom stereocenters. The van der Waals surface area contributed by atoms with Gasteiger partial charge in [-0.2, -0.15) is 22.0 Å². The summed E-state index contributed by atoms with van der Waals surface area (Å²) in [6.45, 7) is 3.23. The second-order valence-electron chi connectivity index (χ2n) is 7.37. The number of esters is 1. The summed E-state index contributed by atoms with van der Waals surface area (Å²) < 4.78 is 93.0. The lowest BCUT2D eigenvalue weighted by molar-refractivity contribution is -0.301. The van der Waals surface area contributed by atoms with Crippen LogP contribution in [-0.4, -0.2) is 30.6 Å². The summed E-state index contributed by atoms with van der Waals surface area (Å²) >= 11 is 0. The number of ether oxygens (including phenoxy) is 1. The molecule has 2 rings (SSSR count). The van der Waals surface area contributed by atoms with Crippen molar-refractivity contribution in [2.45, 2.75) is 57.6 Å². The molecular weight excluding hydrogens is 357 g/mol. The van der Waals surface area contributed by atoms with Gasteiger partial charge in [0, 0.05) is 6.42 Å². The molecule has 0 aromatic heterocycles. The molecule has 0 heterocycles. The molecule has 2 nitrogen and oxygen atoms in total. The number of rotatable bonds is 6. The van der Waals surface area contributed by atoms with E-state index in [2.05, 4.69) is 6.92 Å². The lowest BCUT2D eigenvalue weighted by Crippen LogP contribution is -2.42. The molecule has 146 valence electrons. The second kappa shape index (κ2) is 6.61. The van der Waals surface area contributed by atoms with Crippen LogP contribution in [-0.2, 0) is 9.53 Å². The van der Waals surface area contributed by atoms with E-state index in [1.807, 2.05) is 6.92 Å². The molecule has 25 heavy (non-hydrogen) atoms. The normalized spacial score (nSPS) is 32.9. The van der Waals surface area contributed by atoms with Gasteiger partial charge in [-0.3, -0.25) is 4.79 Å². The summed E-state index contributed by atoms with van der Waals surface area (Å²) in [5.41, 5.74) is 0. The van der Waals surface area contributed by atoms with Gasteiger partial charge >= 0.3 is 18.1 Å². The van der Waals surface area contributed by atoms with Crippen molar-refractivity contribution < 1.29 is 40.3 Å². The Morgan fingerprint density at radius 3 is 2.08 bits per heavy atom. The zero-order valence-electron chi connectivity index (χ0n) is 13.9. The van der Waals surface area contributed by atoms with E-state index in [-0.39, 0.29) is 5.92 Å². The van der Waals surface area contributed by atoms with Gasteiger partial charge in [0.15, 0.2) is 0 Å². The van der Waals surface area contributed by atoms with Crippen LogP contribution in [0, 0.1) is 29.6 Å². The van der Waals surface area contributed by atoms with Crippen molar-refractivity contribution >= 4 is 5.97 Å². The van der Waals surface area contributed by atoms with Crippen LogP contribution in [0.2, 0.25) is 0 Å². The van der Waals surface area contributed by atoms with Gasteiger partial charge in [-0.15, -0.1) is 0 Å². The number of carbonyl (C=O) groups is 1. The van der Waals surface area contributed by atoms with Crippen LogP contribution in [0.5, 0.6) is 0 Å². The second-order valence-corrected chi connectivity index (χ2v) is 7.37. The summed E-state index contributed by atoms with van der Waals surface area (Å²) in [7, 11) is 0. The minimum absolute atomic E-state index is 0.113. The third-order valence-electron chi connectivity index (χ3n) is 5.81. The Morgan fingerprint density at radius 1 is 1.00 bits per heavy atom. The van der Waals surface area contributed by atoms with Crippen LogP contribution in [0.25, 0.3) is 0 Å². The van der Waals surface area contributed by atoms with Crippen LogP contribution in [0.1, 0.15) is 39.5 Å². The van der Waals surface area contributed by atoms with E-state index in [1.54, 1.807) is 0 Å². The van der Waals surface area contributed by atoms with Crippen molar-refractivity contribution in [3.05, 3.63) is 0 Å². The number of carbonyl (C=O) groups excluding carboxylic acids is 1. The summed E-state index contributed by atoms with van der Waals surface area (Å²) in [6, 6.07) is 0. The van der Waals surface area contributed by atoms with Gasteiger partial charge in [0.05, 0.1) is 18.9 Å². The van der Waals surface area contributed by atoms with Crippen LogP contribution in [0.4, 0.5) is 30.7 Å². The Bertz CT molecular complexity index is 501. The first kappa shape index (κ1) is 20.3. The summed E-state index contributed by atoms with van der Waals surface area (Å²) in [5.74, 6) is -9.56. The number of alkyl halides is 7. The average Bonchev–Trinajstić information content (AvgIpc) is 2.97. The Hall–Kier alpha value is -1.02. The van der Waals surface area contributed by atoms with Crippen LogP contribution < -0.4 is 0 Å². The highest BCUT2D eigenvalue weighted by Crippen LogP contribution is 2.55. The smallest absolute Gasteiger partial charge is 0.453 e. The van der Waals surface area contributed by atoms with E-state index in [0.29, 0.717) is 24.2 Å². The average molecular weight is 378 g/mol. The van der Waals surface area contributed by atoms with Crippen LogP contribution in [0.3, 0.4) is 0 Å². The molecule has 0 N–H and O–H groups in total. The molecule has 9 heteroatoms. The molecule has 0 radical (unpaired) electrons. The number of hydrogen-bond donors (Lipinski definition) is 0. The van der Waals surface area contributed by atoms with E-state index in [1.165, 1.54) is 0 Å². The zero-order valence-corrected chi connectivity index (χ0v) is 13.9. The summed E-state index contributed by atoms with van der Waals surface area (Å²) in [5, 5.41) is 0. The summed E-state index contributed by atoms with van der Waals surface area (Å²) in [4.78, 5) is 12.0. The number of hydrogen-bond acceptors (Lipinski definition) is 2. The molecule has 0 aliphatic heterocycles. The topological polar surface area (TPSA) is 26.3 Å². The van der Waals surface area contributed by atoms with E-state index >= 15 is 0 Å². The monoisotopic (exact) mass is 378 g/mol. The van der Waals surface area contributed by atoms with Crippen molar-refractivity contribution in [3.8, 4) is 0 Å². The Labute approximate surface area is 141 Å².